The first kappa shape index (κ1) is 11.0. The number of nitrogens with zero attached hydrogens (tertiary/aromatic N) is 2. The topological polar surface area (TPSA) is 53.0 Å². The lowest BCUT2D eigenvalue weighted by molar-refractivity contribution is 0.316. The summed E-state index contributed by atoms with van der Waals surface area (Å²) < 4.78 is 3.41. The van der Waals surface area contributed by atoms with Crippen LogP contribution in [0.2, 0.25) is 0 Å². The Morgan fingerprint density at radius 3 is 2.43 bits per heavy atom. The van der Waals surface area contributed by atoms with Crippen LogP contribution in [0.1, 0.15) is 26.0 Å². The molecule has 1 aromatic heterocycles. The van der Waals surface area contributed by atoms with E-state index in [9.17, 15) is 4.79 Å². The maximum atomic E-state index is 11.8. The number of rotatable bonds is 3. The van der Waals surface area contributed by atoms with Crippen molar-refractivity contribution in [1.82, 2.24) is 9.13 Å². The van der Waals surface area contributed by atoms with Crippen LogP contribution in [0, 0.1) is 6.92 Å². The molecule has 0 radical (unpaired) electrons. The summed E-state index contributed by atoms with van der Waals surface area (Å²) in [4.78, 5) is 11.8. The van der Waals surface area contributed by atoms with Gasteiger partial charge in [0.1, 0.15) is 0 Å². The van der Waals surface area contributed by atoms with Gasteiger partial charge in [0.15, 0.2) is 0 Å². The Morgan fingerprint density at radius 2 is 2.07 bits per heavy atom. The van der Waals surface area contributed by atoms with Crippen LogP contribution in [0.25, 0.3) is 0 Å². The maximum Gasteiger partial charge on any atom is 0.328 e. The zero-order valence-corrected chi connectivity index (χ0v) is 9.37. The molecule has 0 spiro atoms. The molecule has 4 heteroatoms. The molecule has 0 aliphatic carbocycles. The van der Waals surface area contributed by atoms with Crippen molar-refractivity contribution in [3.63, 3.8) is 0 Å². The summed E-state index contributed by atoms with van der Waals surface area (Å²) in [6.07, 6.45) is 2.65. The van der Waals surface area contributed by atoms with Crippen molar-refractivity contribution in [3.8, 4) is 0 Å². The predicted octanol–water partition coefficient (Wildman–Crippen LogP) is 0.579. The fourth-order valence-corrected chi connectivity index (χ4v) is 1.90. The van der Waals surface area contributed by atoms with Gasteiger partial charge >= 0.3 is 5.69 Å². The molecule has 0 fully saturated rings. The van der Waals surface area contributed by atoms with Gasteiger partial charge in [-0.3, -0.25) is 4.57 Å². The third-order valence-corrected chi connectivity index (χ3v) is 2.59. The van der Waals surface area contributed by atoms with Gasteiger partial charge in [-0.25, -0.2) is 4.79 Å². The van der Waals surface area contributed by atoms with E-state index < -0.39 is 0 Å². The summed E-state index contributed by atoms with van der Waals surface area (Å²) in [5.41, 5.74) is 6.35. The minimum atomic E-state index is -0.197. The molecule has 2 N–H and O–H groups in total. The zero-order valence-electron chi connectivity index (χ0n) is 9.37. The zero-order chi connectivity index (χ0) is 10.9. The molecule has 0 aliphatic heterocycles. The van der Waals surface area contributed by atoms with E-state index in [1.807, 2.05) is 27.0 Å². The number of nitrogens with two attached hydrogens (primary N) is 1. The molecule has 4 nitrogen and oxygen atoms in total. The number of hydrogen-bond donors (Lipinski definition) is 1. The Balaban J connectivity index is 3.24. The molecule has 1 rings (SSSR count). The predicted molar refractivity (Wildman–Crippen MR) is 57.4 cm³/mol. The van der Waals surface area contributed by atoms with Crippen LogP contribution in [0.3, 0.4) is 0 Å². The largest absolute Gasteiger partial charge is 0.330 e. The van der Waals surface area contributed by atoms with Crippen molar-refractivity contribution >= 4 is 0 Å². The summed E-state index contributed by atoms with van der Waals surface area (Å²) in [6.45, 7) is 6.61. The smallest absolute Gasteiger partial charge is 0.328 e. The van der Waals surface area contributed by atoms with Gasteiger partial charge in [0.05, 0.1) is 0 Å². The molecule has 0 unspecified atom stereocenters. The molecule has 0 saturated carbocycles. The Bertz CT molecular complexity index is 373. The van der Waals surface area contributed by atoms with Crippen molar-refractivity contribution in [2.24, 2.45) is 12.8 Å². The van der Waals surface area contributed by atoms with Gasteiger partial charge < -0.3 is 10.3 Å². The number of imidazole rings is 1. The molecule has 0 aliphatic rings. The molecule has 0 bridgehead atoms. The van der Waals surface area contributed by atoms with E-state index in [1.54, 1.807) is 16.2 Å². The van der Waals surface area contributed by atoms with Crippen molar-refractivity contribution in [2.45, 2.75) is 32.7 Å². The molecule has 14 heavy (non-hydrogen) atoms. The summed E-state index contributed by atoms with van der Waals surface area (Å²) in [7, 11) is 1.77. The van der Waals surface area contributed by atoms with Gasteiger partial charge in [-0.15, -0.1) is 0 Å². The highest BCUT2D eigenvalue weighted by Crippen LogP contribution is 2.18. The fourth-order valence-electron chi connectivity index (χ4n) is 1.90. The Hall–Kier alpha value is -1.03. The summed E-state index contributed by atoms with van der Waals surface area (Å²) in [6, 6.07) is 0. The molecule has 0 amide bonds. The fraction of sp³-hybridized carbons (Fsp3) is 0.700. The van der Waals surface area contributed by atoms with E-state index in [2.05, 4.69) is 0 Å². The summed E-state index contributed by atoms with van der Waals surface area (Å²) in [5, 5.41) is 0. The van der Waals surface area contributed by atoms with Gasteiger partial charge in [-0.1, -0.05) is 0 Å². The SMILES string of the molecule is Cc1cn(C)c(=O)n1C(C)(C)CCN. The lowest BCUT2D eigenvalue weighted by Gasteiger charge is -2.26. The van der Waals surface area contributed by atoms with Gasteiger partial charge in [0, 0.05) is 24.5 Å². The highest BCUT2D eigenvalue weighted by molar-refractivity contribution is 5.02. The Morgan fingerprint density at radius 1 is 1.50 bits per heavy atom. The number of aryl methyl sites for hydroxylation is 2. The van der Waals surface area contributed by atoms with Gasteiger partial charge in [-0.05, 0) is 33.7 Å². The van der Waals surface area contributed by atoms with Gasteiger partial charge in [0.2, 0.25) is 0 Å². The van der Waals surface area contributed by atoms with Gasteiger partial charge in [-0.2, -0.15) is 0 Å². The average Bonchev–Trinajstić information content (AvgIpc) is 2.26. The van der Waals surface area contributed by atoms with Crippen molar-refractivity contribution in [1.29, 1.82) is 0 Å². The Kier molecular flexibility index (Phi) is 2.85. The molecule has 0 aromatic carbocycles. The normalized spacial score (nSPS) is 12.1. The summed E-state index contributed by atoms with van der Waals surface area (Å²) >= 11 is 0. The maximum absolute atomic E-state index is 11.8. The monoisotopic (exact) mass is 197 g/mol. The second-order valence-corrected chi connectivity index (χ2v) is 4.35. The first-order valence-corrected chi connectivity index (χ1v) is 4.85. The van der Waals surface area contributed by atoms with Crippen LogP contribution < -0.4 is 11.4 Å². The minimum Gasteiger partial charge on any atom is -0.330 e. The third kappa shape index (κ3) is 1.75. The van der Waals surface area contributed by atoms with Crippen LogP contribution in [0.15, 0.2) is 11.0 Å². The van der Waals surface area contributed by atoms with Crippen molar-refractivity contribution in [2.75, 3.05) is 6.54 Å². The molecule has 80 valence electrons. The molecule has 1 heterocycles. The second kappa shape index (κ2) is 3.61. The van der Waals surface area contributed by atoms with E-state index >= 15 is 0 Å². The molecule has 1 aromatic rings. The lowest BCUT2D eigenvalue weighted by atomic mass is 10.0. The van der Waals surface area contributed by atoms with Crippen LogP contribution in [-0.2, 0) is 12.6 Å². The molecular formula is C10H19N3O. The van der Waals surface area contributed by atoms with E-state index in [-0.39, 0.29) is 11.2 Å². The average molecular weight is 197 g/mol. The van der Waals surface area contributed by atoms with Crippen molar-refractivity contribution < 1.29 is 0 Å². The highest BCUT2D eigenvalue weighted by Gasteiger charge is 2.23. The van der Waals surface area contributed by atoms with E-state index in [0.29, 0.717) is 6.54 Å². The van der Waals surface area contributed by atoms with Crippen LogP contribution >= 0.6 is 0 Å². The van der Waals surface area contributed by atoms with Crippen LogP contribution in [0.5, 0.6) is 0 Å². The summed E-state index contributed by atoms with van der Waals surface area (Å²) in [5.74, 6) is 0. The molecular weight excluding hydrogens is 178 g/mol. The third-order valence-electron chi connectivity index (χ3n) is 2.59. The first-order valence-electron chi connectivity index (χ1n) is 4.85. The minimum absolute atomic E-state index is 0.0287. The Labute approximate surface area is 84.3 Å². The first-order chi connectivity index (χ1) is 6.40. The van der Waals surface area contributed by atoms with E-state index in [4.69, 9.17) is 5.73 Å². The van der Waals surface area contributed by atoms with E-state index in [1.165, 1.54) is 0 Å². The second-order valence-electron chi connectivity index (χ2n) is 4.35. The highest BCUT2D eigenvalue weighted by atomic mass is 16.1. The van der Waals surface area contributed by atoms with Crippen molar-refractivity contribution in [3.05, 3.63) is 22.4 Å². The number of aromatic nitrogens is 2. The molecule has 0 saturated heterocycles. The van der Waals surface area contributed by atoms with Gasteiger partial charge in [0.25, 0.3) is 0 Å². The quantitative estimate of drug-likeness (QED) is 0.770. The number of hydrogen-bond acceptors (Lipinski definition) is 2. The van der Waals surface area contributed by atoms with E-state index in [0.717, 1.165) is 12.1 Å². The molecule has 0 atom stereocenters. The van der Waals surface area contributed by atoms with Crippen LogP contribution in [-0.4, -0.2) is 15.7 Å². The lowest BCUT2D eigenvalue weighted by Crippen LogP contribution is -2.38. The van der Waals surface area contributed by atoms with Crippen LogP contribution in [0.4, 0.5) is 0 Å². The standard InChI is InChI=1S/C10H19N3O/c1-8-7-12(4)9(14)13(8)10(2,3)5-6-11/h7H,5-6,11H2,1-4H3.